The summed E-state index contributed by atoms with van der Waals surface area (Å²) in [5, 5.41) is 9.96. The van der Waals surface area contributed by atoms with E-state index < -0.39 is 16.0 Å². The Hall–Kier alpha value is -2.12. The van der Waals surface area contributed by atoms with Gasteiger partial charge in [-0.25, -0.2) is 13.1 Å². The molecule has 0 aliphatic heterocycles. The largest absolute Gasteiger partial charge is 0.481 e. The molecule has 2 aromatic carbocycles. The summed E-state index contributed by atoms with van der Waals surface area (Å²) in [6.07, 6.45) is 1.94. The lowest BCUT2D eigenvalue weighted by molar-refractivity contribution is -0.137. The zero-order chi connectivity index (χ0) is 18.4. The third-order valence-corrected chi connectivity index (χ3v) is 5.39. The van der Waals surface area contributed by atoms with Gasteiger partial charge < -0.3 is 10.0 Å². The molecular formula is C18H23N2O4S. The number of rotatable bonds is 9. The SMILES string of the molecule is CN(C)c1[c]c2cccc(S(=O)(=O)NCCCCCC(=O)O)c2cc1. The van der Waals surface area contributed by atoms with Crippen molar-refractivity contribution in [3.05, 3.63) is 36.4 Å². The number of unbranched alkanes of at least 4 members (excludes halogenated alkanes) is 2. The van der Waals surface area contributed by atoms with Crippen LogP contribution in [-0.2, 0) is 14.8 Å². The second-order valence-electron chi connectivity index (χ2n) is 6.06. The monoisotopic (exact) mass is 363 g/mol. The zero-order valence-corrected chi connectivity index (χ0v) is 15.3. The average Bonchev–Trinajstić information content (AvgIpc) is 2.56. The minimum Gasteiger partial charge on any atom is -0.481 e. The Morgan fingerprint density at radius 2 is 1.92 bits per heavy atom. The first kappa shape index (κ1) is 19.2. The molecule has 6 nitrogen and oxygen atoms in total. The van der Waals surface area contributed by atoms with Crippen LogP contribution in [0.25, 0.3) is 10.8 Å². The number of anilines is 1. The number of aliphatic carboxylic acids is 1. The van der Waals surface area contributed by atoms with E-state index in [1.54, 1.807) is 18.2 Å². The Balaban J connectivity index is 2.09. The molecule has 0 bridgehead atoms. The normalized spacial score (nSPS) is 11.6. The van der Waals surface area contributed by atoms with E-state index in [0.29, 0.717) is 24.6 Å². The molecule has 0 saturated heterocycles. The van der Waals surface area contributed by atoms with Gasteiger partial charge in [0, 0.05) is 44.2 Å². The second-order valence-corrected chi connectivity index (χ2v) is 7.79. The first-order chi connectivity index (χ1) is 11.8. The van der Waals surface area contributed by atoms with Crippen LogP contribution in [0.4, 0.5) is 5.69 Å². The van der Waals surface area contributed by atoms with Gasteiger partial charge in [0.05, 0.1) is 4.90 Å². The smallest absolute Gasteiger partial charge is 0.303 e. The zero-order valence-electron chi connectivity index (χ0n) is 14.4. The molecule has 2 rings (SSSR count). The minimum atomic E-state index is -3.62. The van der Waals surface area contributed by atoms with Gasteiger partial charge in [0.15, 0.2) is 0 Å². The fourth-order valence-corrected chi connectivity index (χ4v) is 3.82. The summed E-state index contributed by atoms with van der Waals surface area (Å²) in [6, 6.07) is 12.0. The number of sulfonamides is 1. The van der Waals surface area contributed by atoms with Gasteiger partial charge in [-0.2, -0.15) is 0 Å². The van der Waals surface area contributed by atoms with Crippen molar-refractivity contribution in [3.8, 4) is 0 Å². The Labute approximate surface area is 148 Å². The average molecular weight is 363 g/mol. The molecule has 0 spiro atoms. The van der Waals surface area contributed by atoms with Crippen molar-refractivity contribution in [2.45, 2.75) is 30.6 Å². The van der Waals surface area contributed by atoms with Crippen molar-refractivity contribution in [2.24, 2.45) is 0 Å². The van der Waals surface area contributed by atoms with E-state index in [0.717, 1.165) is 11.1 Å². The maximum absolute atomic E-state index is 12.6. The van der Waals surface area contributed by atoms with E-state index in [1.807, 2.05) is 31.1 Å². The third-order valence-electron chi connectivity index (χ3n) is 3.87. The lowest BCUT2D eigenvalue weighted by Crippen LogP contribution is -2.25. The van der Waals surface area contributed by atoms with Crippen molar-refractivity contribution >= 4 is 32.5 Å². The molecule has 25 heavy (non-hydrogen) atoms. The maximum atomic E-state index is 12.6. The van der Waals surface area contributed by atoms with Gasteiger partial charge in [-0.1, -0.05) is 24.6 Å². The number of hydrogen-bond donors (Lipinski definition) is 2. The molecule has 2 N–H and O–H groups in total. The van der Waals surface area contributed by atoms with Crippen LogP contribution in [0.5, 0.6) is 0 Å². The predicted octanol–water partition coefficient (Wildman–Crippen LogP) is 2.63. The van der Waals surface area contributed by atoms with E-state index in [1.165, 1.54) is 0 Å². The van der Waals surface area contributed by atoms with E-state index in [4.69, 9.17) is 5.11 Å². The molecule has 0 heterocycles. The number of carboxylic acids is 1. The number of benzene rings is 2. The van der Waals surface area contributed by atoms with Crippen LogP contribution in [0.15, 0.2) is 35.2 Å². The van der Waals surface area contributed by atoms with E-state index in [9.17, 15) is 13.2 Å². The molecule has 2 aromatic rings. The number of nitrogens with zero attached hydrogens (tertiary/aromatic N) is 1. The van der Waals surface area contributed by atoms with Crippen LogP contribution in [0.2, 0.25) is 0 Å². The fraction of sp³-hybridized carbons (Fsp3) is 0.389. The third kappa shape index (κ3) is 5.17. The molecule has 0 aromatic heterocycles. The standard InChI is InChI=1S/C18H23N2O4S/c1-20(2)15-10-11-16-14(13-15)7-6-8-17(16)25(23,24)19-12-5-3-4-9-18(21)22/h6-8,10-11,19H,3-5,9,12H2,1-2H3,(H,21,22). The molecular weight excluding hydrogens is 340 g/mol. The molecule has 135 valence electrons. The molecule has 7 heteroatoms. The van der Waals surface area contributed by atoms with Crippen molar-refractivity contribution in [1.29, 1.82) is 0 Å². The van der Waals surface area contributed by atoms with Crippen molar-refractivity contribution in [1.82, 2.24) is 4.72 Å². The highest BCUT2D eigenvalue weighted by molar-refractivity contribution is 7.89. The highest BCUT2D eigenvalue weighted by Crippen LogP contribution is 2.26. The highest BCUT2D eigenvalue weighted by Gasteiger charge is 2.17. The summed E-state index contributed by atoms with van der Waals surface area (Å²) in [6.45, 7) is 0.290. The lowest BCUT2D eigenvalue weighted by atomic mass is 10.1. The van der Waals surface area contributed by atoms with E-state index in [-0.39, 0.29) is 17.9 Å². The maximum Gasteiger partial charge on any atom is 0.303 e. The fourth-order valence-electron chi connectivity index (χ4n) is 2.52. The number of carbonyl (C=O) groups is 1. The molecule has 0 saturated carbocycles. The van der Waals surface area contributed by atoms with Crippen LogP contribution < -0.4 is 9.62 Å². The number of hydrogen-bond acceptors (Lipinski definition) is 4. The highest BCUT2D eigenvalue weighted by atomic mass is 32.2. The van der Waals surface area contributed by atoms with E-state index >= 15 is 0 Å². The molecule has 0 unspecified atom stereocenters. The first-order valence-electron chi connectivity index (χ1n) is 8.15. The van der Waals surface area contributed by atoms with Gasteiger partial charge in [0.25, 0.3) is 0 Å². The van der Waals surface area contributed by atoms with Crippen LogP contribution >= 0.6 is 0 Å². The Bertz CT molecular complexity index is 847. The van der Waals surface area contributed by atoms with Crippen LogP contribution in [-0.4, -0.2) is 40.1 Å². The van der Waals surface area contributed by atoms with Crippen molar-refractivity contribution < 1.29 is 18.3 Å². The van der Waals surface area contributed by atoms with Crippen molar-refractivity contribution in [2.75, 3.05) is 25.5 Å². The molecule has 0 amide bonds. The van der Waals surface area contributed by atoms with Crippen LogP contribution in [0, 0.1) is 6.07 Å². The van der Waals surface area contributed by atoms with Crippen LogP contribution in [0.1, 0.15) is 25.7 Å². The van der Waals surface area contributed by atoms with Gasteiger partial charge in [-0.15, -0.1) is 0 Å². The molecule has 0 atom stereocenters. The predicted molar refractivity (Wildman–Crippen MR) is 98.4 cm³/mol. The Kier molecular flexibility index (Phi) is 6.39. The summed E-state index contributed by atoms with van der Waals surface area (Å²) >= 11 is 0. The van der Waals surface area contributed by atoms with Gasteiger partial charge >= 0.3 is 5.97 Å². The van der Waals surface area contributed by atoms with Gasteiger partial charge in [-0.05, 0) is 30.4 Å². The number of carboxylic acid groups (broad SMARTS) is 1. The topological polar surface area (TPSA) is 86.7 Å². The summed E-state index contributed by atoms with van der Waals surface area (Å²) < 4.78 is 27.7. The summed E-state index contributed by atoms with van der Waals surface area (Å²) in [4.78, 5) is 12.6. The van der Waals surface area contributed by atoms with Gasteiger partial charge in [0.2, 0.25) is 10.0 Å². The second kappa shape index (κ2) is 8.31. The molecule has 1 radical (unpaired) electrons. The summed E-state index contributed by atoms with van der Waals surface area (Å²) in [7, 11) is 0.190. The number of nitrogens with one attached hydrogen (secondary N) is 1. The number of fused-ring (bicyclic) bond motifs is 1. The van der Waals surface area contributed by atoms with E-state index in [2.05, 4.69) is 10.8 Å². The quantitative estimate of drug-likeness (QED) is 0.669. The molecule has 0 aliphatic carbocycles. The summed E-state index contributed by atoms with van der Waals surface area (Å²) in [5.41, 5.74) is 0.883. The Morgan fingerprint density at radius 1 is 1.16 bits per heavy atom. The van der Waals surface area contributed by atoms with Crippen molar-refractivity contribution in [3.63, 3.8) is 0 Å². The lowest BCUT2D eigenvalue weighted by Gasteiger charge is -2.14. The Morgan fingerprint density at radius 3 is 2.60 bits per heavy atom. The van der Waals surface area contributed by atoms with Crippen LogP contribution in [0.3, 0.4) is 0 Å². The minimum absolute atomic E-state index is 0.111. The summed E-state index contributed by atoms with van der Waals surface area (Å²) in [5.74, 6) is -0.829. The molecule has 0 fully saturated rings. The first-order valence-corrected chi connectivity index (χ1v) is 9.63. The van der Waals surface area contributed by atoms with Gasteiger partial charge in [0.1, 0.15) is 0 Å². The molecule has 0 aliphatic rings. The van der Waals surface area contributed by atoms with Gasteiger partial charge in [-0.3, -0.25) is 4.79 Å².